The first-order chi connectivity index (χ1) is 5.27. The molecule has 1 saturated heterocycles. The first-order valence-corrected chi connectivity index (χ1v) is 4.13. The minimum Gasteiger partial charge on any atom is -0.368 e. The Kier molecular flexibility index (Phi) is 1.69. The maximum Gasteiger partial charge on any atom is 0.137 e. The molecule has 1 nitrogen and oxygen atoms in total. The maximum absolute atomic E-state index is 12.9. The number of ether oxygens (including phenoxy) is 1. The molecule has 0 N–H and O–H groups in total. The normalized spacial score (nSPS) is 21.8. The molecule has 0 unspecified atom stereocenters. The standard InChI is InChI=1S/C8H6BrFO/c9-6-2-1-5(3-7(6)10)8-4-11-8/h1-3,8H,4H2/t8-/m1/s1. The quantitative estimate of drug-likeness (QED) is 0.658. The van der Waals surface area contributed by atoms with E-state index < -0.39 is 0 Å². The van der Waals surface area contributed by atoms with Gasteiger partial charge in [0.25, 0.3) is 0 Å². The number of halogens is 2. The van der Waals surface area contributed by atoms with Crippen LogP contribution >= 0.6 is 15.9 Å². The van der Waals surface area contributed by atoms with Gasteiger partial charge in [-0.2, -0.15) is 0 Å². The molecule has 1 aliphatic heterocycles. The highest BCUT2D eigenvalue weighted by atomic mass is 79.9. The summed E-state index contributed by atoms with van der Waals surface area (Å²) in [4.78, 5) is 0. The van der Waals surface area contributed by atoms with E-state index >= 15 is 0 Å². The fraction of sp³-hybridized carbons (Fsp3) is 0.250. The number of hydrogen-bond acceptors (Lipinski definition) is 1. The zero-order valence-corrected chi connectivity index (χ0v) is 7.27. The van der Waals surface area contributed by atoms with Gasteiger partial charge in [-0.1, -0.05) is 6.07 Å². The number of epoxide rings is 1. The predicted molar refractivity (Wildman–Crippen MR) is 42.8 cm³/mol. The van der Waals surface area contributed by atoms with Crippen molar-refractivity contribution in [1.29, 1.82) is 0 Å². The van der Waals surface area contributed by atoms with Crippen LogP contribution < -0.4 is 0 Å². The highest BCUT2D eigenvalue weighted by Gasteiger charge is 2.25. The average Bonchev–Trinajstić information content (AvgIpc) is 2.77. The van der Waals surface area contributed by atoms with Crippen LogP contribution in [0, 0.1) is 5.82 Å². The third-order valence-corrected chi connectivity index (χ3v) is 2.29. The van der Waals surface area contributed by atoms with Gasteiger partial charge in [0.1, 0.15) is 11.9 Å². The molecule has 58 valence electrons. The summed E-state index contributed by atoms with van der Waals surface area (Å²) in [6, 6.07) is 5.07. The first-order valence-electron chi connectivity index (χ1n) is 3.34. The molecule has 3 heteroatoms. The predicted octanol–water partition coefficient (Wildman–Crippen LogP) is 2.66. The summed E-state index contributed by atoms with van der Waals surface area (Å²) in [6.07, 6.45) is 0.137. The maximum atomic E-state index is 12.9. The summed E-state index contributed by atoms with van der Waals surface area (Å²) in [6.45, 7) is 0.723. The lowest BCUT2D eigenvalue weighted by molar-refractivity contribution is 0.414. The highest BCUT2D eigenvalue weighted by Crippen LogP contribution is 2.31. The van der Waals surface area contributed by atoms with E-state index in [4.69, 9.17) is 4.74 Å². The highest BCUT2D eigenvalue weighted by molar-refractivity contribution is 9.10. The molecule has 0 amide bonds. The lowest BCUT2D eigenvalue weighted by Crippen LogP contribution is -1.83. The molecule has 0 bridgehead atoms. The van der Waals surface area contributed by atoms with Crippen LogP contribution in [0.5, 0.6) is 0 Å². The van der Waals surface area contributed by atoms with Gasteiger partial charge in [-0.25, -0.2) is 4.39 Å². The van der Waals surface area contributed by atoms with Gasteiger partial charge in [-0.3, -0.25) is 0 Å². The van der Waals surface area contributed by atoms with Gasteiger partial charge in [0, 0.05) is 0 Å². The summed E-state index contributed by atoms with van der Waals surface area (Å²) < 4.78 is 18.4. The fourth-order valence-electron chi connectivity index (χ4n) is 0.953. The van der Waals surface area contributed by atoms with Crippen LogP contribution in [-0.4, -0.2) is 6.61 Å². The van der Waals surface area contributed by atoms with E-state index in [-0.39, 0.29) is 11.9 Å². The van der Waals surface area contributed by atoms with Crippen molar-refractivity contribution in [3.05, 3.63) is 34.1 Å². The van der Waals surface area contributed by atoms with Crippen LogP contribution in [0.2, 0.25) is 0 Å². The molecule has 2 rings (SSSR count). The van der Waals surface area contributed by atoms with Crippen LogP contribution in [0.25, 0.3) is 0 Å². The molecule has 1 heterocycles. The number of benzene rings is 1. The average molecular weight is 217 g/mol. The van der Waals surface area contributed by atoms with Crippen LogP contribution in [0.15, 0.2) is 22.7 Å². The molecule has 1 fully saturated rings. The number of hydrogen-bond donors (Lipinski definition) is 0. The van der Waals surface area contributed by atoms with Crippen molar-refractivity contribution in [2.75, 3.05) is 6.61 Å². The van der Waals surface area contributed by atoms with E-state index in [1.54, 1.807) is 6.07 Å². The SMILES string of the molecule is Fc1cc([C@H]2CO2)ccc1Br. The Morgan fingerprint density at radius 1 is 1.55 bits per heavy atom. The summed E-state index contributed by atoms with van der Waals surface area (Å²) in [5.74, 6) is -0.224. The van der Waals surface area contributed by atoms with Crippen molar-refractivity contribution >= 4 is 15.9 Å². The van der Waals surface area contributed by atoms with E-state index in [1.807, 2.05) is 6.07 Å². The smallest absolute Gasteiger partial charge is 0.137 e. The van der Waals surface area contributed by atoms with E-state index in [9.17, 15) is 4.39 Å². The topological polar surface area (TPSA) is 12.5 Å². The monoisotopic (exact) mass is 216 g/mol. The summed E-state index contributed by atoms with van der Waals surface area (Å²) in [5, 5.41) is 0. The second kappa shape index (κ2) is 2.57. The molecule has 1 aromatic carbocycles. The molecule has 0 saturated carbocycles. The minimum absolute atomic E-state index is 0.137. The molecule has 0 aliphatic carbocycles. The summed E-state index contributed by atoms with van der Waals surface area (Å²) >= 11 is 3.08. The van der Waals surface area contributed by atoms with Crippen LogP contribution in [0.3, 0.4) is 0 Å². The largest absolute Gasteiger partial charge is 0.368 e. The molecular weight excluding hydrogens is 211 g/mol. The van der Waals surface area contributed by atoms with Gasteiger partial charge in [0.15, 0.2) is 0 Å². The third kappa shape index (κ3) is 1.44. The Bertz CT molecular complexity index is 283. The Morgan fingerprint density at radius 3 is 2.82 bits per heavy atom. The molecule has 1 aromatic rings. The fourth-order valence-corrected chi connectivity index (χ4v) is 1.20. The summed E-state index contributed by atoms with van der Waals surface area (Å²) in [7, 11) is 0. The zero-order chi connectivity index (χ0) is 7.84. The van der Waals surface area contributed by atoms with Crippen molar-refractivity contribution in [1.82, 2.24) is 0 Å². The second-order valence-electron chi connectivity index (χ2n) is 2.50. The van der Waals surface area contributed by atoms with Crippen molar-refractivity contribution < 1.29 is 9.13 Å². The Balaban J connectivity index is 2.36. The van der Waals surface area contributed by atoms with Crippen molar-refractivity contribution in [2.24, 2.45) is 0 Å². The van der Waals surface area contributed by atoms with Gasteiger partial charge in [-0.05, 0) is 33.6 Å². The molecule has 1 atom stereocenters. The van der Waals surface area contributed by atoms with Crippen LogP contribution in [-0.2, 0) is 4.74 Å². The minimum atomic E-state index is -0.224. The lowest BCUT2D eigenvalue weighted by Gasteiger charge is -1.96. The van der Waals surface area contributed by atoms with Crippen molar-refractivity contribution in [2.45, 2.75) is 6.10 Å². The first kappa shape index (κ1) is 7.25. The molecule has 11 heavy (non-hydrogen) atoms. The van der Waals surface area contributed by atoms with E-state index in [1.165, 1.54) is 6.07 Å². The molecular formula is C8H6BrFO. The van der Waals surface area contributed by atoms with Gasteiger partial charge in [0.05, 0.1) is 11.1 Å². The van der Waals surface area contributed by atoms with Gasteiger partial charge >= 0.3 is 0 Å². The van der Waals surface area contributed by atoms with Gasteiger partial charge in [-0.15, -0.1) is 0 Å². The molecule has 0 radical (unpaired) electrons. The lowest BCUT2D eigenvalue weighted by atomic mass is 10.2. The van der Waals surface area contributed by atoms with Crippen LogP contribution in [0.1, 0.15) is 11.7 Å². The zero-order valence-electron chi connectivity index (χ0n) is 5.68. The van der Waals surface area contributed by atoms with Crippen molar-refractivity contribution in [3.8, 4) is 0 Å². The molecule has 1 aliphatic rings. The summed E-state index contributed by atoms with van der Waals surface area (Å²) in [5.41, 5.74) is 0.922. The number of rotatable bonds is 1. The Morgan fingerprint density at radius 2 is 2.27 bits per heavy atom. The second-order valence-corrected chi connectivity index (χ2v) is 3.35. The molecule has 0 spiro atoms. The van der Waals surface area contributed by atoms with E-state index in [0.29, 0.717) is 4.47 Å². The van der Waals surface area contributed by atoms with E-state index in [0.717, 1.165) is 12.2 Å². The Labute approximate surface area is 72.3 Å². The van der Waals surface area contributed by atoms with Gasteiger partial charge < -0.3 is 4.74 Å². The Hall–Kier alpha value is -0.410. The third-order valence-electron chi connectivity index (χ3n) is 1.65. The molecule has 0 aromatic heterocycles. The van der Waals surface area contributed by atoms with Crippen molar-refractivity contribution in [3.63, 3.8) is 0 Å². The van der Waals surface area contributed by atoms with Gasteiger partial charge in [0.2, 0.25) is 0 Å². The van der Waals surface area contributed by atoms with Crippen LogP contribution in [0.4, 0.5) is 4.39 Å². The van der Waals surface area contributed by atoms with E-state index in [2.05, 4.69) is 15.9 Å².